The van der Waals surface area contributed by atoms with Crippen molar-refractivity contribution in [1.29, 1.82) is 0 Å². The monoisotopic (exact) mass is 275 g/mol. The Balaban J connectivity index is 1.77. The summed E-state index contributed by atoms with van der Waals surface area (Å²) in [6.45, 7) is 1.53. The first kappa shape index (κ1) is 13.1. The fourth-order valence-corrected chi connectivity index (χ4v) is 2.71. The molecule has 20 heavy (non-hydrogen) atoms. The average molecular weight is 275 g/mol. The van der Waals surface area contributed by atoms with Crippen molar-refractivity contribution in [3.8, 4) is 0 Å². The van der Waals surface area contributed by atoms with E-state index >= 15 is 0 Å². The van der Waals surface area contributed by atoms with Gasteiger partial charge in [-0.1, -0.05) is 6.07 Å². The molecule has 0 amide bonds. The van der Waals surface area contributed by atoms with E-state index in [9.17, 15) is 8.78 Å². The number of nitrogens with zero attached hydrogens (tertiary/aromatic N) is 3. The normalized spacial score (nSPS) is 19.4. The molecule has 0 aliphatic carbocycles. The molecule has 3 nitrogen and oxygen atoms in total. The molecule has 1 aliphatic heterocycles. The molecule has 0 spiro atoms. The molecule has 1 aromatic heterocycles. The lowest BCUT2D eigenvalue weighted by Gasteiger charge is -2.23. The highest BCUT2D eigenvalue weighted by Gasteiger charge is 2.27. The van der Waals surface area contributed by atoms with Gasteiger partial charge in [-0.05, 0) is 37.1 Å². The van der Waals surface area contributed by atoms with Crippen molar-refractivity contribution in [2.45, 2.75) is 25.4 Å². The standard InChI is InChI=1S/C15H15F2N3/c16-12-4-3-11(8-13(12)17)10-20-7-1-2-15(20)14-9-18-5-6-19-14/h3-6,8-9,15H,1-2,7,10H2. The lowest BCUT2D eigenvalue weighted by atomic mass is 10.1. The van der Waals surface area contributed by atoms with Crippen LogP contribution in [-0.4, -0.2) is 21.4 Å². The Morgan fingerprint density at radius 1 is 1.20 bits per heavy atom. The number of rotatable bonds is 3. The van der Waals surface area contributed by atoms with Gasteiger partial charge in [-0.2, -0.15) is 0 Å². The molecule has 0 N–H and O–H groups in total. The highest BCUT2D eigenvalue weighted by molar-refractivity contribution is 5.18. The second kappa shape index (κ2) is 5.63. The van der Waals surface area contributed by atoms with Crippen LogP contribution >= 0.6 is 0 Å². The third-order valence-electron chi connectivity index (χ3n) is 3.66. The number of hydrogen-bond acceptors (Lipinski definition) is 3. The molecule has 0 saturated carbocycles. The summed E-state index contributed by atoms with van der Waals surface area (Å²) < 4.78 is 26.2. The summed E-state index contributed by atoms with van der Waals surface area (Å²) in [7, 11) is 0. The van der Waals surface area contributed by atoms with Crippen LogP contribution in [0.2, 0.25) is 0 Å². The SMILES string of the molecule is Fc1ccc(CN2CCCC2c2cnccn2)cc1F. The van der Waals surface area contributed by atoms with Crippen LogP contribution in [0.25, 0.3) is 0 Å². The summed E-state index contributed by atoms with van der Waals surface area (Å²) in [6.07, 6.45) is 7.20. The zero-order valence-electron chi connectivity index (χ0n) is 11.0. The molecule has 0 bridgehead atoms. The molecule has 3 rings (SSSR count). The van der Waals surface area contributed by atoms with Gasteiger partial charge < -0.3 is 0 Å². The van der Waals surface area contributed by atoms with E-state index in [4.69, 9.17) is 0 Å². The minimum atomic E-state index is -0.805. The fourth-order valence-electron chi connectivity index (χ4n) is 2.71. The number of likely N-dealkylation sites (tertiary alicyclic amines) is 1. The molecule has 104 valence electrons. The summed E-state index contributed by atoms with van der Waals surface area (Å²) in [4.78, 5) is 10.7. The van der Waals surface area contributed by atoms with Crippen molar-refractivity contribution in [3.63, 3.8) is 0 Å². The molecule has 1 atom stereocenters. The van der Waals surface area contributed by atoms with Gasteiger partial charge in [0.2, 0.25) is 0 Å². The highest BCUT2D eigenvalue weighted by Crippen LogP contribution is 2.31. The van der Waals surface area contributed by atoms with E-state index in [0.717, 1.165) is 30.6 Å². The number of hydrogen-bond donors (Lipinski definition) is 0. The van der Waals surface area contributed by atoms with Crippen LogP contribution in [0, 0.1) is 11.6 Å². The highest BCUT2D eigenvalue weighted by atomic mass is 19.2. The van der Waals surface area contributed by atoms with Crippen LogP contribution in [0.3, 0.4) is 0 Å². The predicted molar refractivity (Wildman–Crippen MR) is 70.8 cm³/mol. The summed E-state index contributed by atoms with van der Waals surface area (Å²) in [5, 5.41) is 0. The van der Waals surface area contributed by atoms with Crippen LogP contribution < -0.4 is 0 Å². The molecule has 5 heteroatoms. The van der Waals surface area contributed by atoms with Gasteiger partial charge in [-0.3, -0.25) is 14.9 Å². The fraction of sp³-hybridized carbons (Fsp3) is 0.333. The van der Waals surface area contributed by atoms with Crippen molar-refractivity contribution in [2.75, 3.05) is 6.54 Å². The summed E-state index contributed by atoms with van der Waals surface area (Å²) >= 11 is 0. The zero-order chi connectivity index (χ0) is 13.9. The first-order valence-electron chi connectivity index (χ1n) is 6.68. The van der Waals surface area contributed by atoms with Gasteiger partial charge in [0.15, 0.2) is 11.6 Å². The average Bonchev–Trinajstić information content (AvgIpc) is 2.92. The minimum absolute atomic E-state index is 0.205. The smallest absolute Gasteiger partial charge is 0.159 e. The maximum atomic E-state index is 13.3. The first-order chi connectivity index (χ1) is 9.74. The van der Waals surface area contributed by atoms with Crippen molar-refractivity contribution < 1.29 is 8.78 Å². The van der Waals surface area contributed by atoms with Gasteiger partial charge in [-0.15, -0.1) is 0 Å². The van der Waals surface area contributed by atoms with Gasteiger partial charge in [0.05, 0.1) is 11.7 Å². The third-order valence-corrected chi connectivity index (χ3v) is 3.66. The van der Waals surface area contributed by atoms with E-state index in [2.05, 4.69) is 14.9 Å². The van der Waals surface area contributed by atoms with Gasteiger partial charge in [0.25, 0.3) is 0 Å². The molecular weight excluding hydrogens is 260 g/mol. The summed E-state index contributed by atoms with van der Waals surface area (Å²) in [5.41, 5.74) is 1.72. The molecule has 1 saturated heterocycles. The van der Waals surface area contributed by atoms with Gasteiger partial charge in [0, 0.05) is 25.1 Å². The van der Waals surface area contributed by atoms with E-state index in [1.54, 1.807) is 24.7 Å². The van der Waals surface area contributed by atoms with Crippen molar-refractivity contribution >= 4 is 0 Å². The lowest BCUT2D eigenvalue weighted by Crippen LogP contribution is -2.23. The Morgan fingerprint density at radius 2 is 2.10 bits per heavy atom. The lowest BCUT2D eigenvalue weighted by molar-refractivity contribution is 0.243. The van der Waals surface area contributed by atoms with E-state index in [0.29, 0.717) is 6.54 Å². The molecule has 1 aliphatic rings. The Bertz CT molecular complexity index is 589. The number of aromatic nitrogens is 2. The van der Waals surface area contributed by atoms with Gasteiger partial charge in [-0.25, -0.2) is 8.78 Å². The Kier molecular flexibility index (Phi) is 3.69. The van der Waals surface area contributed by atoms with Gasteiger partial charge >= 0.3 is 0 Å². The van der Waals surface area contributed by atoms with Crippen molar-refractivity contribution in [1.82, 2.24) is 14.9 Å². The van der Waals surface area contributed by atoms with Crippen LogP contribution in [-0.2, 0) is 6.54 Å². The second-order valence-corrected chi connectivity index (χ2v) is 5.01. The predicted octanol–water partition coefficient (Wildman–Crippen LogP) is 3.09. The maximum absolute atomic E-state index is 13.3. The second-order valence-electron chi connectivity index (χ2n) is 5.01. The van der Waals surface area contributed by atoms with E-state index in [1.807, 2.05) is 0 Å². The molecule has 1 fully saturated rings. The van der Waals surface area contributed by atoms with Crippen LogP contribution in [0.1, 0.15) is 30.1 Å². The van der Waals surface area contributed by atoms with E-state index in [1.165, 1.54) is 12.1 Å². The quantitative estimate of drug-likeness (QED) is 0.862. The summed E-state index contributed by atoms with van der Waals surface area (Å²) in [5.74, 6) is -1.60. The molecule has 2 aromatic rings. The Morgan fingerprint density at radius 3 is 2.85 bits per heavy atom. The Hall–Kier alpha value is -1.88. The van der Waals surface area contributed by atoms with Crippen molar-refractivity contribution in [2.24, 2.45) is 0 Å². The molecule has 2 heterocycles. The van der Waals surface area contributed by atoms with Crippen LogP contribution in [0.5, 0.6) is 0 Å². The topological polar surface area (TPSA) is 29.0 Å². The third kappa shape index (κ3) is 2.67. The van der Waals surface area contributed by atoms with Crippen LogP contribution in [0.4, 0.5) is 8.78 Å². The minimum Gasteiger partial charge on any atom is -0.290 e. The molecule has 1 unspecified atom stereocenters. The number of halogens is 2. The van der Waals surface area contributed by atoms with E-state index in [-0.39, 0.29) is 6.04 Å². The summed E-state index contributed by atoms with van der Waals surface area (Å²) in [6, 6.07) is 4.28. The molecule has 0 radical (unpaired) electrons. The largest absolute Gasteiger partial charge is 0.290 e. The van der Waals surface area contributed by atoms with Crippen LogP contribution in [0.15, 0.2) is 36.8 Å². The Labute approximate surface area is 116 Å². The van der Waals surface area contributed by atoms with Gasteiger partial charge in [0.1, 0.15) is 0 Å². The first-order valence-corrected chi connectivity index (χ1v) is 6.68. The molecule has 1 aromatic carbocycles. The van der Waals surface area contributed by atoms with E-state index < -0.39 is 11.6 Å². The van der Waals surface area contributed by atoms with Crippen molar-refractivity contribution in [3.05, 3.63) is 59.7 Å². The number of benzene rings is 1. The molecular formula is C15H15F2N3. The maximum Gasteiger partial charge on any atom is 0.159 e. The zero-order valence-corrected chi connectivity index (χ0v) is 11.0.